The van der Waals surface area contributed by atoms with Gasteiger partial charge in [0.1, 0.15) is 10.9 Å². The summed E-state index contributed by atoms with van der Waals surface area (Å²) < 4.78 is 5.54. The van der Waals surface area contributed by atoms with Crippen LogP contribution in [0.25, 0.3) is 0 Å². The van der Waals surface area contributed by atoms with Crippen LogP contribution in [0.5, 0.6) is 0 Å². The summed E-state index contributed by atoms with van der Waals surface area (Å²) in [6.07, 6.45) is 5.86. The Hall–Kier alpha value is -0.240. The van der Waals surface area contributed by atoms with Gasteiger partial charge in [0, 0.05) is 13.2 Å². The van der Waals surface area contributed by atoms with E-state index in [-0.39, 0.29) is 0 Å². The number of nitrogens with one attached hydrogen (secondary N) is 1. The van der Waals surface area contributed by atoms with Gasteiger partial charge in [0.2, 0.25) is 0 Å². The van der Waals surface area contributed by atoms with Crippen LogP contribution in [0.15, 0.2) is 0 Å². The lowest BCUT2D eigenvalue weighted by molar-refractivity contribution is 0.165. The number of thiol groups is 1. The van der Waals surface area contributed by atoms with Gasteiger partial charge in [-0.05, 0) is 6.42 Å². The molecule has 0 spiro atoms. The Morgan fingerprint density at radius 1 is 1.73 bits per heavy atom. The predicted molar refractivity (Wildman–Crippen MR) is 53.9 cm³/mol. The largest absolute Gasteiger partial charge is 0.371 e. The lowest BCUT2D eigenvalue weighted by Gasteiger charge is -2.01. The average molecular weight is 189 g/mol. The molecule has 0 aliphatic carbocycles. The maximum atomic E-state index is 5.02. The van der Waals surface area contributed by atoms with Crippen molar-refractivity contribution in [2.75, 3.05) is 19.8 Å². The van der Waals surface area contributed by atoms with Gasteiger partial charge in [0.25, 0.3) is 0 Å². The molecule has 0 bridgehead atoms. The van der Waals surface area contributed by atoms with Gasteiger partial charge >= 0.3 is 0 Å². The lowest BCUT2D eigenvalue weighted by atomic mass is 10.4. The Bertz CT molecular complexity index is 153. The molecule has 0 aromatic rings. The van der Waals surface area contributed by atoms with E-state index in [0.29, 0.717) is 17.5 Å². The fraction of sp³-hybridized carbons (Fsp3) is 0.571. The zero-order valence-electron chi connectivity index (χ0n) is 6.17. The van der Waals surface area contributed by atoms with Crippen molar-refractivity contribution in [3.8, 4) is 12.3 Å². The molecule has 1 N–H and O–H groups in total. The highest BCUT2D eigenvalue weighted by atomic mass is 32.1. The molecule has 0 saturated carbocycles. The first-order chi connectivity index (χ1) is 5.27. The number of terminal acetylenes is 1. The lowest BCUT2D eigenvalue weighted by Crippen LogP contribution is -2.18. The van der Waals surface area contributed by atoms with Crippen LogP contribution in [0, 0.1) is 12.3 Å². The number of thiocarbonyl (C=S) groups is 1. The molecular weight excluding hydrogens is 178 g/mol. The minimum atomic E-state index is 0.380. The standard InChI is InChI=1S/C7H11NOS2/c1-2-5-9-6-3-4-8-7(10)11/h1H,3-6H2,(H2,8,10,11). The van der Waals surface area contributed by atoms with Crippen LogP contribution in [0.3, 0.4) is 0 Å². The molecule has 0 amide bonds. The summed E-state index contributed by atoms with van der Waals surface area (Å²) in [6, 6.07) is 0. The van der Waals surface area contributed by atoms with Crippen LogP contribution in [0.2, 0.25) is 0 Å². The highest BCUT2D eigenvalue weighted by molar-refractivity contribution is 8.11. The van der Waals surface area contributed by atoms with Gasteiger partial charge in [-0.3, -0.25) is 0 Å². The summed E-state index contributed by atoms with van der Waals surface area (Å²) in [6.45, 7) is 1.83. The molecule has 0 aliphatic heterocycles. The highest BCUT2D eigenvalue weighted by Crippen LogP contribution is 1.82. The second-order valence-corrected chi connectivity index (χ2v) is 3.00. The normalized spacial score (nSPS) is 8.73. The van der Waals surface area contributed by atoms with Gasteiger partial charge in [-0.2, -0.15) is 0 Å². The molecule has 0 radical (unpaired) electrons. The van der Waals surface area contributed by atoms with E-state index in [1.807, 2.05) is 0 Å². The van der Waals surface area contributed by atoms with Crippen molar-refractivity contribution in [1.82, 2.24) is 5.32 Å². The molecule has 0 rings (SSSR count). The van der Waals surface area contributed by atoms with Crippen LogP contribution in [0.4, 0.5) is 0 Å². The molecule has 0 aliphatic rings. The zero-order chi connectivity index (χ0) is 8.53. The Balaban J connectivity index is 2.92. The minimum absolute atomic E-state index is 0.380. The number of ether oxygens (including phenoxy) is 1. The fourth-order valence-electron chi connectivity index (χ4n) is 0.501. The van der Waals surface area contributed by atoms with Gasteiger partial charge < -0.3 is 10.1 Å². The first-order valence-electron chi connectivity index (χ1n) is 3.25. The second kappa shape index (κ2) is 7.86. The van der Waals surface area contributed by atoms with Gasteiger partial charge in [-0.25, -0.2) is 0 Å². The molecule has 0 heterocycles. The van der Waals surface area contributed by atoms with E-state index >= 15 is 0 Å². The first-order valence-corrected chi connectivity index (χ1v) is 4.11. The summed E-state index contributed by atoms with van der Waals surface area (Å²) in [5, 5.41) is 2.89. The molecule has 4 heteroatoms. The molecule has 0 aromatic heterocycles. The summed E-state index contributed by atoms with van der Waals surface area (Å²) >= 11 is 8.56. The van der Waals surface area contributed by atoms with Crippen molar-refractivity contribution in [3.05, 3.63) is 0 Å². The van der Waals surface area contributed by atoms with Gasteiger partial charge in [-0.1, -0.05) is 18.1 Å². The Kier molecular flexibility index (Phi) is 7.69. The van der Waals surface area contributed by atoms with E-state index in [2.05, 4.69) is 36.1 Å². The van der Waals surface area contributed by atoms with Crippen LogP contribution in [-0.2, 0) is 4.74 Å². The van der Waals surface area contributed by atoms with Gasteiger partial charge in [0.05, 0.1) is 0 Å². The van der Waals surface area contributed by atoms with Crippen molar-refractivity contribution in [2.45, 2.75) is 6.42 Å². The summed E-state index contributed by atoms with van der Waals surface area (Å²) in [7, 11) is 0. The zero-order valence-corrected chi connectivity index (χ0v) is 7.88. The molecule has 0 unspecified atom stereocenters. The predicted octanol–water partition coefficient (Wildman–Crippen LogP) is 0.831. The topological polar surface area (TPSA) is 21.3 Å². The van der Waals surface area contributed by atoms with E-state index in [1.54, 1.807) is 0 Å². The average Bonchev–Trinajstić information content (AvgIpc) is 1.96. The van der Waals surface area contributed by atoms with E-state index < -0.39 is 0 Å². The van der Waals surface area contributed by atoms with E-state index in [9.17, 15) is 0 Å². The Morgan fingerprint density at radius 2 is 2.45 bits per heavy atom. The van der Waals surface area contributed by atoms with Crippen molar-refractivity contribution >= 4 is 29.2 Å². The van der Waals surface area contributed by atoms with Gasteiger partial charge in [-0.15, -0.1) is 19.1 Å². The monoisotopic (exact) mass is 189 g/mol. The number of rotatable bonds is 5. The van der Waals surface area contributed by atoms with Crippen molar-refractivity contribution in [1.29, 1.82) is 0 Å². The van der Waals surface area contributed by atoms with Crippen molar-refractivity contribution in [3.63, 3.8) is 0 Å². The van der Waals surface area contributed by atoms with Crippen LogP contribution in [0.1, 0.15) is 6.42 Å². The summed E-state index contributed by atoms with van der Waals surface area (Å²) in [4.78, 5) is 0. The summed E-state index contributed by atoms with van der Waals surface area (Å²) in [5.74, 6) is 2.38. The maximum absolute atomic E-state index is 5.02. The molecule has 0 atom stereocenters. The molecule has 11 heavy (non-hydrogen) atoms. The second-order valence-electron chi connectivity index (χ2n) is 1.84. The summed E-state index contributed by atoms with van der Waals surface area (Å²) in [5.41, 5.74) is 0. The van der Waals surface area contributed by atoms with E-state index in [4.69, 9.17) is 11.2 Å². The van der Waals surface area contributed by atoms with Crippen LogP contribution in [-0.4, -0.2) is 24.1 Å². The van der Waals surface area contributed by atoms with Gasteiger partial charge in [0.15, 0.2) is 0 Å². The molecule has 2 nitrogen and oxygen atoms in total. The van der Waals surface area contributed by atoms with Crippen LogP contribution < -0.4 is 5.32 Å². The van der Waals surface area contributed by atoms with Crippen LogP contribution >= 0.6 is 24.8 Å². The van der Waals surface area contributed by atoms with E-state index in [0.717, 1.165) is 13.0 Å². The molecule has 0 aromatic carbocycles. The fourth-order valence-corrected chi connectivity index (χ4v) is 0.715. The molecular formula is C7H11NOS2. The Morgan fingerprint density at radius 3 is 3.00 bits per heavy atom. The third-order valence-corrected chi connectivity index (χ3v) is 1.23. The highest BCUT2D eigenvalue weighted by Gasteiger charge is 1.87. The van der Waals surface area contributed by atoms with Crippen molar-refractivity contribution in [2.24, 2.45) is 0 Å². The Labute approximate surface area is 78.1 Å². The first kappa shape index (κ1) is 10.8. The van der Waals surface area contributed by atoms with E-state index in [1.165, 1.54) is 0 Å². The molecule has 62 valence electrons. The number of hydrogen-bond acceptors (Lipinski definition) is 2. The molecule has 0 fully saturated rings. The SMILES string of the molecule is C#CCOCCCNC(=S)S. The van der Waals surface area contributed by atoms with Crippen molar-refractivity contribution < 1.29 is 4.74 Å². The minimum Gasteiger partial charge on any atom is -0.371 e. The smallest absolute Gasteiger partial charge is 0.130 e. The molecule has 0 saturated heterocycles. The third-order valence-electron chi connectivity index (χ3n) is 0.927. The number of hydrogen-bond donors (Lipinski definition) is 2. The third kappa shape index (κ3) is 9.76. The maximum Gasteiger partial charge on any atom is 0.130 e. The quantitative estimate of drug-likeness (QED) is 0.289.